The molecule has 0 amide bonds. The number of rotatable bonds is 13. The van der Waals surface area contributed by atoms with Crippen LogP contribution in [0.4, 0.5) is 0 Å². The van der Waals surface area contributed by atoms with Crippen molar-refractivity contribution in [3.63, 3.8) is 0 Å². The van der Waals surface area contributed by atoms with E-state index in [1.54, 1.807) is 42.7 Å². The second-order valence-electron chi connectivity index (χ2n) is 11.3. The zero-order valence-corrected chi connectivity index (χ0v) is 25.5. The molecule has 4 aromatic rings. The number of hydrogen-bond donors (Lipinski definition) is 3. The molecule has 14 nitrogen and oxygen atoms in total. The number of ether oxygens (including phenoxy) is 1. The maximum atomic E-state index is 13.7. The first-order chi connectivity index (χ1) is 22.1. The lowest BCUT2D eigenvalue weighted by Gasteiger charge is -2.21. The second kappa shape index (κ2) is 14.2. The maximum Gasteiger partial charge on any atom is 0.331 e. The maximum absolute atomic E-state index is 13.7. The summed E-state index contributed by atoms with van der Waals surface area (Å²) in [5.74, 6) is -1.88. The number of benzene rings is 2. The number of carbonyl (C=O) groups excluding carboxylic acids is 3. The van der Waals surface area contributed by atoms with Gasteiger partial charge in [-0.15, -0.1) is 10.2 Å². The summed E-state index contributed by atoms with van der Waals surface area (Å²) in [5, 5.41) is 39.0. The molecule has 0 bridgehead atoms. The summed E-state index contributed by atoms with van der Waals surface area (Å²) in [6.07, 6.45) is 4.65. The number of methoxy groups -OCH3 is 1. The molecule has 2 aromatic carbocycles. The monoisotopic (exact) mass is 629 g/mol. The molecule has 240 valence electrons. The molecule has 2 atom stereocenters. The van der Waals surface area contributed by atoms with Gasteiger partial charge in [-0.25, -0.2) is 14.2 Å². The Labute approximate surface area is 264 Å². The van der Waals surface area contributed by atoms with Gasteiger partial charge in [0.1, 0.15) is 23.2 Å². The molecule has 14 heteroatoms. The van der Waals surface area contributed by atoms with E-state index in [-0.39, 0.29) is 42.5 Å². The van der Waals surface area contributed by atoms with E-state index in [1.807, 2.05) is 0 Å². The number of nitrogens with one attached hydrogen (secondary N) is 1. The van der Waals surface area contributed by atoms with Gasteiger partial charge < -0.3 is 20.3 Å². The van der Waals surface area contributed by atoms with Crippen molar-refractivity contribution in [3.05, 3.63) is 66.0 Å². The Morgan fingerprint density at radius 3 is 2.07 bits per heavy atom. The predicted molar refractivity (Wildman–Crippen MR) is 164 cm³/mol. The number of aromatic hydroxyl groups is 1. The summed E-state index contributed by atoms with van der Waals surface area (Å²) in [6.45, 7) is 2.85. The lowest BCUT2D eigenvalue weighted by Crippen LogP contribution is -2.31. The van der Waals surface area contributed by atoms with Gasteiger partial charge in [0, 0.05) is 35.4 Å². The molecule has 1 saturated heterocycles. The fourth-order valence-electron chi connectivity index (χ4n) is 5.57. The van der Waals surface area contributed by atoms with Crippen molar-refractivity contribution in [3.8, 4) is 28.3 Å². The number of phenols is 1. The van der Waals surface area contributed by atoms with Gasteiger partial charge in [-0.2, -0.15) is 0 Å². The molecule has 0 aliphatic carbocycles. The van der Waals surface area contributed by atoms with Crippen LogP contribution in [0.1, 0.15) is 60.6 Å². The summed E-state index contributed by atoms with van der Waals surface area (Å²) >= 11 is 0. The van der Waals surface area contributed by atoms with Crippen LogP contribution in [0.25, 0.3) is 22.5 Å². The third kappa shape index (κ3) is 7.51. The lowest BCUT2D eigenvalue weighted by molar-refractivity contribution is -0.145. The van der Waals surface area contributed by atoms with Crippen LogP contribution in [0, 0.1) is 5.92 Å². The molecule has 0 radical (unpaired) electrons. The number of carboxylic acid groups (broad SMARTS) is 1. The van der Waals surface area contributed by atoms with E-state index in [2.05, 4.69) is 25.9 Å². The highest BCUT2D eigenvalue weighted by Crippen LogP contribution is 2.30. The molecular weight excluding hydrogens is 594 g/mol. The molecular formula is C32H35N7O7. The van der Waals surface area contributed by atoms with Crippen molar-refractivity contribution in [2.24, 2.45) is 5.92 Å². The highest BCUT2D eigenvalue weighted by atomic mass is 16.5. The molecule has 1 aliphatic heterocycles. The van der Waals surface area contributed by atoms with E-state index < -0.39 is 24.0 Å². The number of Topliss-reactive ketones (excluding diaryl/α,β-unsaturated/α-hetero) is 2. The van der Waals surface area contributed by atoms with Gasteiger partial charge in [0.2, 0.25) is 0 Å². The Morgan fingerprint density at radius 2 is 1.52 bits per heavy atom. The van der Waals surface area contributed by atoms with Gasteiger partial charge in [-0.05, 0) is 75.2 Å². The number of carbonyl (C=O) groups is 4. The average molecular weight is 630 g/mol. The number of ketones is 2. The Kier molecular flexibility index (Phi) is 9.96. The van der Waals surface area contributed by atoms with E-state index in [1.165, 1.54) is 35.5 Å². The van der Waals surface area contributed by atoms with Gasteiger partial charge in [-0.3, -0.25) is 14.4 Å². The molecule has 46 heavy (non-hydrogen) atoms. The van der Waals surface area contributed by atoms with Gasteiger partial charge in [0.05, 0.1) is 19.5 Å². The SMILES string of the molecule is COC(=O)[C@H](Cc1ccc(O)cc1)n1cc(-c2cc(C(=O)C3CCNCC3)cc(-c3cn([C@@H](CCC(=O)O)C(C)=O)nn3)c2)nn1. The molecule has 0 unspecified atom stereocenters. The van der Waals surface area contributed by atoms with Crippen LogP contribution in [0.2, 0.25) is 0 Å². The number of carboxylic acids is 1. The summed E-state index contributed by atoms with van der Waals surface area (Å²) in [7, 11) is 1.29. The summed E-state index contributed by atoms with van der Waals surface area (Å²) in [4.78, 5) is 50.0. The molecule has 0 saturated carbocycles. The normalized spacial score (nSPS) is 14.8. The van der Waals surface area contributed by atoms with Crippen LogP contribution in [-0.4, -0.2) is 83.9 Å². The third-order valence-electron chi connectivity index (χ3n) is 8.12. The molecule has 1 aliphatic rings. The van der Waals surface area contributed by atoms with Crippen LogP contribution >= 0.6 is 0 Å². The standard InChI is InChI=1S/C32H35N7O7/c1-19(40)28(7-8-30(42)43)38-17-26(34-36-38)22-14-23(16-24(15-22)31(44)21-9-11-33-12-10-21)27-18-39(37-35-27)29(32(45)46-2)13-20-3-5-25(41)6-4-20/h3-6,14-18,21,28-29,33,41H,7-13H2,1-2H3,(H,42,43)/t28-,29-/m0/s1. The first-order valence-electron chi connectivity index (χ1n) is 15.0. The topological polar surface area (TPSA) is 191 Å². The number of phenolic OH excluding ortho intramolecular Hbond substituents is 1. The quantitative estimate of drug-likeness (QED) is 0.145. The Morgan fingerprint density at radius 1 is 0.935 bits per heavy atom. The highest BCUT2D eigenvalue weighted by Gasteiger charge is 2.27. The minimum atomic E-state index is -1.02. The Balaban J connectivity index is 1.52. The number of nitrogens with zero attached hydrogens (tertiary/aromatic N) is 6. The number of aromatic nitrogens is 6. The fraction of sp³-hybridized carbons (Fsp3) is 0.375. The van der Waals surface area contributed by atoms with Crippen LogP contribution in [-0.2, 0) is 25.5 Å². The number of hydrogen-bond acceptors (Lipinski definition) is 11. The van der Waals surface area contributed by atoms with Gasteiger partial charge in [-0.1, -0.05) is 22.6 Å². The van der Waals surface area contributed by atoms with Crippen LogP contribution in [0.5, 0.6) is 5.75 Å². The van der Waals surface area contributed by atoms with Gasteiger partial charge >= 0.3 is 11.9 Å². The van der Waals surface area contributed by atoms with Crippen molar-refractivity contribution in [1.82, 2.24) is 35.3 Å². The molecule has 3 N–H and O–H groups in total. The van der Waals surface area contributed by atoms with Crippen molar-refractivity contribution in [2.75, 3.05) is 20.2 Å². The number of piperidine rings is 1. The number of aliphatic carboxylic acids is 1. The van der Waals surface area contributed by atoms with E-state index in [0.717, 1.165) is 18.7 Å². The van der Waals surface area contributed by atoms with Gasteiger partial charge in [0.25, 0.3) is 0 Å². The van der Waals surface area contributed by atoms with Crippen LogP contribution in [0.3, 0.4) is 0 Å². The molecule has 3 heterocycles. The van der Waals surface area contributed by atoms with E-state index in [0.29, 0.717) is 40.9 Å². The summed E-state index contributed by atoms with van der Waals surface area (Å²) < 4.78 is 7.80. The zero-order valence-electron chi connectivity index (χ0n) is 25.5. The van der Waals surface area contributed by atoms with Crippen molar-refractivity contribution >= 4 is 23.5 Å². The van der Waals surface area contributed by atoms with Gasteiger partial charge in [0.15, 0.2) is 17.6 Å². The molecule has 1 fully saturated rings. The Hall–Kier alpha value is -5.24. The van der Waals surface area contributed by atoms with E-state index in [9.17, 15) is 24.3 Å². The zero-order chi connectivity index (χ0) is 32.8. The largest absolute Gasteiger partial charge is 0.508 e. The van der Waals surface area contributed by atoms with E-state index in [4.69, 9.17) is 9.84 Å². The van der Waals surface area contributed by atoms with Crippen molar-refractivity contribution < 1.29 is 34.1 Å². The van der Waals surface area contributed by atoms with Crippen LogP contribution in [0.15, 0.2) is 54.9 Å². The van der Waals surface area contributed by atoms with Crippen molar-refractivity contribution in [1.29, 1.82) is 0 Å². The fourth-order valence-corrected chi connectivity index (χ4v) is 5.57. The van der Waals surface area contributed by atoms with Crippen LogP contribution < -0.4 is 5.32 Å². The minimum Gasteiger partial charge on any atom is -0.508 e. The Bertz CT molecular complexity index is 1720. The molecule has 0 spiro atoms. The second-order valence-corrected chi connectivity index (χ2v) is 11.3. The average Bonchev–Trinajstić information content (AvgIpc) is 3.75. The molecule has 5 rings (SSSR count). The van der Waals surface area contributed by atoms with Crippen molar-refractivity contribution in [2.45, 2.75) is 51.1 Å². The summed E-state index contributed by atoms with van der Waals surface area (Å²) in [6, 6.07) is 10.1. The number of esters is 1. The first-order valence-corrected chi connectivity index (χ1v) is 15.0. The predicted octanol–water partition coefficient (Wildman–Crippen LogP) is 3.04. The lowest BCUT2D eigenvalue weighted by atomic mass is 9.88. The smallest absolute Gasteiger partial charge is 0.331 e. The minimum absolute atomic E-state index is 0.0211. The summed E-state index contributed by atoms with van der Waals surface area (Å²) in [5.41, 5.74) is 3.11. The van der Waals surface area contributed by atoms with E-state index >= 15 is 0 Å². The highest BCUT2D eigenvalue weighted by molar-refractivity contribution is 6.00. The first kappa shape index (κ1) is 32.2. The molecule has 2 aromatic heterocycles. The third-order valence-corrected chi connectivity index (χ3v) is 8.12.